The van der Waals surface area contributed by atoms with Crippen molar-refractivity contribution < 1.29 is 0 Å². The maximum absolute atomic E-state index is 7.38. The van der Waals surface area contributed by atoms with E-state index in [2.05, 4.69) is 0 Å². The summed E-state index contributed by atoms with van der Waals surface area (Å²) in [4.78, 5) is 0. The molecule has 0 aromatic rings. The molecule has 1 rings (SSSR count). The number of allylic oxidation sites excluding steroid dienone is 2. The van der Waals surface area contributed by atoms with Crippen molar-refractivity contribution in [2.24, 2.45) is 5.73 Å². The van der Waals surface area contributed by atoms with Crippen LogP contribution in [-0.2, 0) is 0 Å². The number of nitrogens with one attached hydrogen (secondary N) is 1. The van der Waals surface area contributed by atoms with Gasteiger partial charge >= 0.3 is 0 Å². The molecule has 56 valence electrons. The predicted molar refractivity (Wildman–Crippen MR) is 43.1 cm³/mol. The van der Waals surface area contributed by atoms with Crippen LogP contribution in [0.2, 0.25) is 0 Å². The van der Waals surface area contributed by atoms with Crippen LogP contribution in [0.25, 0.3) is 0 Å². The number of hydrogen-bond donors (Lipinski definition) is 2. The van der Waals surface area contributed by atoms with Crippen LogP contribution in [0.4, 0.5) is 0 Å². The van der Waals surface area contributed by atoms with Gasteiger partial charge in [-0.2, -0.15) is 0 Å². The van der Waals surface area contributed by atoms with Gasteiger partial charge in [0, 0.05) is 11.4 Å². The third-order valence-corrected chi connectivity index (χ3v) is 1.96. The molecular weight excluding hydrogens is 124 g/mol. The standard InChI is InChI=1S/C8H14N2/c1-6(9)7-4-2-3-5-8(7)10/h9H,2-5,10H2,1H3. The molecule has 0 amide bonds. The minimum atomic E-state index is 0.650. The molecule has 2 heteroatoms. The minimum Gasteiger partial charge on any atom is -0.402 e. The van der Waals surface area contributed by atoms with Gasteiger partial charge < -0.3 is 11.1 Å². The van der Waals surface area contributed by atoms with Gasteiger partial charge in [0.15, 0.2) is 0 Å². The van der Waals surface area contributed by atoms with Crippen molar-refractivity contribution in [1.29, 1.82) is 5.41 Å². The van der Waals surface area contributed by atoms with Crippen LogP contribution in [0.3, 0.4) is 0 Å². The number of hydrogen-bond acceptors (Lipinski definition) is 2. The molecule has 0 radical (unpaired) electrons. The Morgan fingerprint density at radius 2 is 2.00 bits per heavy atom. The van der Waals surface area contributed by atoms with E-state index < -0.39 is 0 Å². The second-order valence-corrected chi connectivity index (χ2v) is 2.84. The molecule has 0 unspecified atom stereocenters. The van der Waals surface area contributed by atoms with Crippen molar-refractivity contribution in [2.75, 3.05) is 0 Å². The topological polar surface area (TPSA) is 49.9 Å². The second kappa shape index (κ2) is 2.86. The summed E-state index contributed by atoms with van der Waals surface area (Å²) >= 11 is 0. The van der Waals surface area contributed by atoms with Crippen LogP contribution in [0.1, 0.15) is 32.6 Å². The Morgan fingerprint density at radius 3 is 2.40 bits per heavy atom. The smallest absolute Gasteiger partial charge is 0.0332 e. The number of nitrogens with two attached hydrogens (primary N) is 1. The van der Waals surface area contributed by atoms with E-state index in [1.165, 1.54) is 12.8 Å². The van der Waals surface area contributed by atoms with Crippen molar-refractivity contribution in [1.82, 2.24) is 0 Å². The van der Waals surface area contributed by atoms with Gasteiger partial charge in [-0.1, -0.05) is 0 Å². The maximum atomic E-state index is 7.38. The molecule has 1 aliphatic rings. The highest BCUT2D eigenvalue weighted by Crippen LogP contribution is 2.21. The van der Waals surface area contributed by atoms with Crippen LogP contribution >= 0.6 is 0 Å². The van der Waals surface area contributed by atoms with Crippen LogP contribution in [0.15, 0.2) is 11.3 Å². The van der Waals surface area contributed by atoms with Crippen molar-refractivity contribution in [3.05, 3.63) is 11.3 Å². The van der Waals surface area contributed by atoms with E-state index in [4.69, 9.17) is 11.1 Å². The highest BCUT2D eigenvalue weighted by molar-refractivity contribution is 5.96. The monoisotopic (exact) mass is 138 g/mol. The van der Waals surface area contributed by atoms with Crippen molar-refractivity contribution in [3.8, 4) is 0 Å². The zero-order valence-electron chi connectivity index (χ0n) is 6.41. The third kappa shape index (κ3) is 1.38. The van der Waals surface area contributed by atoms with E-state index in [1.807, 2.05) is 6.92 Å². The summed E-state index contributed by atoms with van der Waals surface area (Å²) in [6.45, 7) is 1.81. The molecule has 0 aromatic carbocycles. The molecule has 0 aromatic heterocycles. The fraction of sp³-hybridized carbons (Fsp3) is 0.625. The maximum Gasteiger partial charge on any atom is 0.0332 e. The highest BCUT2D eigenvalue weighted by Gasteiger charge is 2.10. The minimum absolute atomic E-state index is 0.650. The van der Waals surface area contributed by atoms with Gasteiger partial charge in [0.05, 0.1) is 0 Å². The van der Waals surface area contributed by atoms with Crippen molar-refractivity contribution in [2.45, 2.75) is 32.6 Å². The van der Waals surface area contributed by atoms with Gasteiger partial charge in [-0.3, -0.25) is 0 Å². The zero-order chi connectivity index (χ0) is 7.56. The summed E-state index contributed by atoms with van der Waals surface area (Å²) in [6, 6.07) is 0. The Hall–Kier alpha value is -0.790. The van der Waals surface area contributed by atoms with E-state index in [9.17, 15) is 0 Å². The SMILES string of the molecule is CC(=N)C1=C(N)CCCC1. The summed E-state index contributed by atoms with van der Waals surface area (Å²) in [5.41, 5.74) is 8.40. The summed E-state index contributed by atoms with van der Waals surface area (Å²) in [7, 11) is 0. The summed E-state index contributed by atoms with van der Waals surface area (Å²) in [5.74, 6) is 0. The molecule has 3 N–H and O–H groups in total. The van der Waals surface area contributed by atoms with E-state index in [0.717, 1.165) is 24.1 Å². The molecule has 2 nitrogen and oxygen atoms in total. The molecule has 0 aliphatic heterocycles. The molecule has 0 saturated heterocycles. The van der Waals surface area contributed by atoms with Gasteiger partial charge in [0.25, 0.3) is 0 Å². The second-order valence-electron chi connectivity index (χ2n) is 2.84. The molecule has 0 spiro atoms. The van der Waals surface area contributed by atoms with E-state index in [-0.39, 0.29) is 0 Å². The Balaban J connectivity index is 2.78. The first-order valence-electron chi connectivity index (χ1n) is 3.75. The summed E-state index contributed by atoms with van der Waals surface area (Å²) < 4.78 is 0. The molecule has 0 bridgehead atoms. The van der Waals surface area contributed by atoms with Crippen LogP contribution in [0, 0.1) is 5.41 Å². The lowest BCUT2D eigenvalue weighted by Gasteiger charge is -2.15. The Bertz CT molecular complexity index is 180. The normalized spacial score (nSPS) is 19.3. The molecule has 0 saturated carbocycles. The Kier molecular flexibility index (Phi) is 2.10. The largest absolute Gasteiger partial charge is 0.402 e. The van der Waals surface area contributed by atoms with Crippen LogP contribution < -0.4 is 5.73 Å². The predicted octanol–water partition coefficient (Wildman–Crippen LogP) is 1.81. The lowest BCUT2D eigenvalue weighted by molar-refractivity contribution is 0.681. The number of rotatable bonds is 1. The molecule has 0 atom stereocenters. The average molecular weight is 138 g/mol. The first kappa shape index (κ1) is 7.32. The fourth-order valence-electron chi connectivity index (χ4n) is 1.36. The van der Waals surface area contributed by atoms with Gasteiger partial charge in [-0.15, -0.1) is 0 Å². The van der Waals surface area contributed by atoms with Crippen molar-refractivity contribution >= 4 is 5.71 Å². The van der Waals surface area contributed by atoms with Crippen molar-refractivity contribution in [3.63, 3.8) is 0 Å². The highest BCUT2D eigenvalue weighted by atomic mass is 14.6. The summed E-state index contributed by atoms with van der Waals surface area (Å²) in [6.07, 6.45) is 4.40. The van der Waals surface area contributed by atoms with Gasteiger partial charge in [-0.25, -0.2) is 0 Å². The fourth-order valence-corrected chi connectivity index (χ4v) is 1.36. The average Bonchev–Trinajstić information content (AvgIpc) is 1.88. The van der Waals surface area contributed by atoms with E-state index in [1.54, 1.807) is 0 Å². The molecule has 1 aliphatic carbocycles. The molecule has 10 heavy (non-hydrogen) atoms. The molecule has 0 heterocycles. The van der Waals surface area contributed by atoms with E-state index in [0.29, 0.717) is 5.71 Å². The van der Waals surface area contributed by atoms with Gasteiger partial charge in [0.2, 0.25) is 0 Å². The van der Waals surface area contributed by atoms with E-state index >= 15 is 0 Å². The lowest BCUT2D eigenvalue weighted by atomic mass is 9.94. The first-order chi connectivity index (χ1) is 4.72. The first-order valence-corrected chi connectivity index (χ1v) is 3.75. The third-order valence-electron chi connectivity index (χ3n) is 1.96. The Morgan fingerprint density at radius 1 is 1.40 bits per heavy atom. The molecule has 0 fully saturated rings. The van der Waals surface area contributed by atoms with Gasteiger partial charge in [0.1, 0.15) is 0 Å². The lowest BCUT2D eigenvalue weighted by Crippen LogP contribution is -2.12. The van der Waals surface area contributed by atoms with Gasteiger partial charge in [-0.05, 0) is 38.2 Å². The van der Waals surface area contributed by atoms with Crippen LogP contribution in [0.5, 0.6) is 0 Å². The Labute approximate surface area is 61.6 Å². The zero-order valence-corrected chi connectivity index (χ0v) is 6.41. The van der Waals surface area contributed by atoms with Crippen LogP contribution in [-0.4, -0.2) is 5.71 Å². The summed E-state index contributed by atoms with van der Waals surface area (Å²) in [5, 5.41) is 7.38. The quantitative estimate of drug-likeness (QED) is 0.533. The molecular formula is C8H14N2.